The molecule has 2 saturated heterocycles. The Morgan fingerprint density at radius 3 is 2.60 bits per heavy atom. The number of hydrazine groups is 1. The van der Waals surface area contributed by atoms with Crippen molar-refractivity contribution in [3.63, 3.8) is 0 Å². The summed E-state index contributed by atoms with van der Waals surface area (Å²) in [5.74, 6) is 0.117. The summed E-state index contributed by atoms with van der Waals surface area (Å²) in [6.07, 6.45) is 2.88. The predicted octanol–water partition coefficient (Wildman–Crippen LogP) is 3.25. The zero-order chi connectivity index (χ0) is 21.1. The van der Waals surface area contributed by atoms with Gasteiger partial charge in [0.15, 0.2) is 0 Å². The lowest BCUT2D eigenvalue weighted by Gasteiger charge is -2.35. The number of piperidine rings is 1. The third-order valence-electron chi connectivity index (χ3n) is 5.87. The minimum absolute atomic E-state index is 0.122. The molecule has 0 aromatic heterocycles. The fraction of sp³-hybridized carbons (Fsp3) is 0.409. The van der Waals surface area contributed by atoms with Crippen LogP contribution in [0.4, 0.5) is 4.39 Å². The van der Waals surface area contributed by atoms with E-state index in [0.717, 1.165) is 37.9 Å². The Morgan fingerprint density at radius 1 is 1.17 bits per heavy atom. The fourth-order valence-electron chi connectivity index (χ4n) is 4.16. The molecule has 2 fully saturated rings. The zero-order valence-corrected chi connectivity index (χ0v) is 17.6. The molecule has 1 amide bonds. The standard InChI is InChI=1S/C22H26ClFN4O2/c1-30-20-12-15(23)4-7-18(20)22(29)25-17-8-10-28(11-9-17)21-13-19(26-27-21)14-2-5-16(24)6-3-14/h2-7,12,17,19,21,26-27H,8-11,13H2,1H3,(H,25,29). The number of benzene rings is 2. The van der Waals surface area contributed by atoms with E-state index in [-0.39, 0.29) is 30.0 Å². The van der Waals surface area contributed by atoms with E-state index in [2.05, 4.69) is 21.1 Å². The Kier molecular flexibility index (Phi) is 6.53. The molecule has 0 aliphatic carbocycles. The number of likely N-dealkylation sites (tertiary alicyclic amines) is 1. The van der Waals surface area contributed by atoms with Gasteiger partial charge < -0.3 is 10.1 Å². The Morgan fingerprint density at radius 2 is 1.90 bits per heavy atom. The smallest absolute Gasteiger partial charge is 0.255 e. The van der Waals surface area contributed by atoms with Crippen molar-refractivity contribution in [3.05, 3.63) is 64.4 Å². The van der Waals surface area contributed by atoms with Gasteiger partial charge in [-0.3, -0.25) is 9.69 Å². The summed E-state index contributed by atoms with van der Waals surface area (Å²) in [5, 5.41) is 3.66. The van der Waals surface area contributed by atoms with E-state index in [1.54, 1.807) is 18.2 Å². The molecule has 8 heteroatoms. The number of hydrogen-bond acceptors (Lipinski definition) is 5. The highest BCUT2D eigenvalue weighted by atomic mass is 35.5. The summed E-state index contributed by atoms with van der Waals surface area (Å²) < 4.78 is 18.4. The second-order valence-electron chi connectivity index (χ2n) is 7.77. The predicted molar refractivity (Wildman–Crippen MR) is 114 cm³/mol. The largest absolute Gasteiger partial charge is 0.496 e. The lowest BCUT2D eigenvalue weighted by Crippen LogP contribution is -2.51. The number of carbonyl (C=O) groups excluding carboxylic acids is 1. The lowest BCUT2D eigenvalue weighted by molar-refractivity contribution is 0.0877. The second-order valence-corrected chi connectivity index (χ2v) is 8.21. The van der Waals surface area contributed by atoms with E-state index in [1.807, 2.05) is 12.1 Å². The van der Waals surface area contributed by atoms with Crippen LogP contribution in [0.5, 0.6) is 5.75 Å². The molecule has 4 rings (SSSR count). The SMILES string of the molecule is COc1cc(Cl)ccc1C(=O)NC1CCN(C2CC(c3ccc(F)cc3)NN2)CC1. The van der Waals surface area contributed by atoms with Gasteiger partial charge in [-0.15, -0.1) is 0 Å². The van der Waals surface area contributed by atoms with Crippen molar-refractivity contribution in [1.29, 1.82) is 0 Å². The lowest BCUT2D eigenvalue weighted by atomic mass is 10.0. The summed E-state index contributed by atoms with van der Waals surface area (Å²) in [5.41, 5.74) is 8.24. The van der Waals surface area contributed by atoms with E-state index in [4.69, 9.17) is 16.3 Å². The zero-order valence-electron chi connectivity index (χ0n) is 16.8. The van der Waals surface area contributed by atoms with Crippen LogP contribution in [0.25, 0.3) is 0 Å². The van der Waals surface area contributed by atoms with Gasteiger partial charge in [-0.1, -0.05) is 23.7 Å². The number of carbonyl (C=O) groups is 1. The third kappa shape index (κ3) is 4.75. The molecule has 2 atom stereocenters. The molecule has 2 heterocycles. The van der Waals surface area contributed by atoms with Crippen molar-refractivity contribution >= 4 is 17.5 Å². The first kappa shape index (κ1) is 21.1. The third-order valence-corrected chi connectivity index (χ3v) is 6.10. The molecule has 0 spiro atoms. The normalized spacial score (nSPS) is 22.8. The first-order valence-electron chi connectivity index (χ1n) is 10.2. The average molecular weight is 433 g/mol. The van der Waals surface area contributed by atoms with E-state index in [9.17, 15) is 9.18 Å². The molecule has 2 aliphatic heterocycles. The summed E-state index contributed by atoms with van der Waals surface area (Å²) in [7, 11) is 1.53. The van der Waals surface area contributed by atoms with Crippen LogP contribution in [-0.4, -0.2) is 43.2 Å². The van der Waals surface area contributed by atoms with E-state index in [0.29, 0.717) is 16.3 Å². The maximum Gasteiger partial charge on any atom is 0.255 e. The number of amides is 1. The number of nitrogens with one attached hydrogen (secondary N) is 3. The van der Waals surface area contributed by atoms with Crippen LogP contribution in [-0.2, 0) is 0 Å². The highest BCUT2D eigenvalue weighted by Gasteiger charge is 2.32. The van der Waals surface area contributed by atoms with Gasteiger partial charge in [-0.2, -0.15) is 0 Å². The topological polar surface area (TPSA) is 65.6 Å². The summed E-state index contributed by atoms with van der Waals surface area (Å²) in [6.45, 7) is 1.77. The minimum atomic E-state index is -0.221. The molecule has 0 radical (unpaired) electrons. The van der Waals surface area contributed by atoms with Gasteiger partial charge in [0.05, 0.1) is 18.8 Å². The van der Waals surface area contributed by atoms with Crippen molar-refractivity contribution in [1.82, 2.24) is 21.1 Å². The van der Waals surface area contributed by atoms with E-state index in [1.165, 1.54) is 19.2 Å². The molecule has 0 saturated carbocycles. The number of nitrogens with zero attached hydrogens (tertiary/aromatic N) is 1. The molecular formula is C22H26ClFN4O2. The quantitative estimate of drug-likeness (QED) is 0.677. The molecule has 30 heavy (non-hydrogen) atoms. The summed E-state index contributed by atoms with van der Waals surface area (Å²) in [6, 6.07) is 11.9. The second kappa shape index (κ2) is 9.31. The number of rotatable bonds is 5. The highest BCUT2D eigenvalue weighted by molar-refractivity contribution is 6.30. The molecule has 160 valence electrons. The molecule has 2 aliphatic rings. The van der Waals surface area contributed by atoms with Gasteiger partial charge >= 0.3 is 0 Å². The molecule has 3 N–H and O–H groups in total. The number of halogens is 2. The maximum atomic E-state index is 13.1. The van der Waals surface area contributed by atoms with Gasteiger partial charge in [0, 0.05) is 30.2 Å². The van der Waals surface area contributed by atoms with Gasteiger partial charge in [-0.05, 0) is 55.2 Å². The number of methoxy groups -OCH3 is 1. The molecule has 6 nitrogen and oxygen atoms in total. The van der Waals surface area contributed by atoms with E-state index < -0.39 is 0 Å². The molecule has 2 aromatic carbocycles. The van der Waals surface area contributed by atoms with Gasteiger partial charge in [0.25, 0.3) is 5.91 Å². The Balaban J connectivity index is 1.28. The molecule has 2 aromatic rings. The first-order chi connectivity index (χ1) is 14.5. The van der Waals surface area contributed by atoms with E-state index >= 15 is 0 Å². The summed E-state index contributed by atoms with van der Waals surface area (Å²) in [4.78, 5) is 15.1. The molecule has 0 bridgehead atoms. The van der Waals surface area contributed by atoms with Crippen molar-refractivity contribution in [2.75, 3.05) is 20.2 Å². The van der Waals surface area contributed by atoms with Crippen LogP contribution in [0.15, 0.2) is 42.5 Å². The summed E-state index contributed by atoms with van der Waals surface area (Å²) >= 11 is 5.98. The van der Waals surface area contributed by atoms with Crippen LogP contribution >= 0.6 is 11.6 Å². The molecule has 2 unspecified atom stereocenters. The maximum absolute atomic E-state index is 13.1. The van der Waals surface area contributed by atoms with Crippen LogP contribution in [0.3, 0.4) is 0 Å². The minimum Gasteiger partial charge on any atom is -0.496 e. The van der Waals surface area contributed by atoms with Crippen molar-refractivity contribution in [2.24, 2.45) is 0 Å². The van der Waals surface area contributed by atoms with Gasteiger partial charge in [0.2, 0.25) is 0 Å². The monoisotopic (exact) mass is 432 g/mol. The van der Waals surface area contributed by atoms with Crippen LogP contribution in [0.2, 0.25) is 5.02 Å². The van der Waals surface area contributed by atoms with Gasteiger partial charge in [0.1, 0.15) is 11.6 Å². The highest BCUT2D eigenvalue weighted by Crippen LogP contribution is 2.27. The average Bonchev–Trinajstić information content (AvgIpc) is 3.25. The molecular weight excluding hydrogens is 407 g/mol. The van der Waals surface area contributed by atoms with Crippen LogP contribution in [0.1, 0.15) is 41.2 Å². The van der Waals surface area contributed by atoms with Crippen molar-refractivity contribution < 1.29 is 13.9 Å². The number of ether oxygens (including phenoxy) is 1. The van der Waals surface area contributed by atoms with Crippen LogP contribution in [0, 0.1) is 5.82 Å². The Labute approximate surface area is 180 Å². The van der Waals surface area contributed by atoms with Crippen molar-refractivity contribution in [2.45, 2.75) is 37.5 Å². The first-order valence-corrected chi connectivity index (χ1v) is 10.6. The number of hydrogen-bond donors (Lipinski definition) is 3. The Bertz CT molecular complexity index is 887. The van der Waals surface area contributed by atoms with Crippen molar-refractivity contribution in [3.8, 4) is 5.75 Å². The van der Waals surface area contributed by atoms with Gasteiger partial charge in [-0.25, -0.2) is 15.2 Å². The Hall–Kier alpha value is -2.19. The van der Waals surface area contributed by atoms with Crippen LogP contribution < -0.4 is 20.9 Å². The fourth-order valence-corrected chi connectivity index (χ4v) is 4.33.